The molecule has 0 saturated carbocycles. The molecule has 6 nitrogen and oxygen atoms in total. The number of aromatic nitrogens is 2. The summed E-state index contributed by atoms with van der Waals surface area (Å²) in [6.07, 6.45) is 0. The van der Waals surface area contributed by atoms with Gasteiger partial charge in [-0.1, -0.05) is 23.7 Å². The molecule has 2 aromatic rings. The monoisotopic (exact) mass is 281 g/mol. The minimum absolute atomic E-state index is 0.0693. The third kappa shape index (κ3) is 2.68. The van der Waals surface area contributed by atoms with Crippen LogP contribution in [0, 0.1) is 17.0 Å². The highest BCUT2D eigenvalue weighted by molar-refractivity contribution is 6.30. The van der Waals surface area contributed by atoms with Crippen molar-refractivity contribution in [2.24, 2.45) is 7.05 Å². The molecule has 2 rings (SSSR count). The molecule has 0 saturated heterocycles. The van der Waals surface area contributed by atoms with Crippen molar-refractivity contribution in [2.75, 3.05) is 0 Å². The number of nitro groups is 1. The van der Waals surface area contributed by atoms with Gasteiger partial charge in [-0.2, -0.15) is 5.10 Å². The summed E-state index contributed by atoms with van der Waals surface area (Å²) in [4.78, 5) is 10.4. The summed E-state index contributed by atoms with van der Waals surface area (Å²) < 4.78 is 7.02. The van der Waals surface area contributed by atoms with Crippen LogP contribution in [0.3, 0.4) is 0 Å². The summed E-state index contributed by atoms with van der Waals surface area (Å²) in [5.74, 6) is 0.215. The molecule has 0 bridgehead atoms. The van der Waals surface area contributed by atoms with Crippen LogP contribution in [0.15, 0.2) is 24.3 Å². The van der Waals surface area contributed by atoms with Gasteiger partial charge in [0.1, 0.15) is 11.8 Å². The summed E-state index contributed by atoms with van der Waals surface area (Å²) in [5, 5.41) is 15.5. The molecule has 0 atom stereocenters. The molecule has 19 heavy (non-hydrogen) atoms. The molecular formula is C12H12ClN3O3. The molecule has 1 aromatic heterocycles. The third-order valence-corrected chi connectivity index (χ3v) is 3.18. The molecule has 1 aromatic carbocycles. The maximum Gasteiger partial charge on any atom is 0.310 e. The summed E-state index contributed by atoms with van der Waals surface area (Å²) in [6.45, 7) is 1.95. The van der Waals surface area contributed by atoms with E-state index >= 15 is 0 Å². The average molecular weight is 282 g/mol. The van der Waals surface area contributed by atoms with Crippen LogP contribution in [-0.4, -0.2) is 14.7 Å². The van der Waals surface area contributed by atoms with Gasteiger partial charge in [-0.05, 0) is 13.0 Å². The molecule has 7 heteroatoms. The van der Waals surface area contributed by atoms with Gasteiger partial charge in [0.15, 0.2) is 5.75 Å². The fourth-order valence-electron chi connectivity index (χ4n) is 1.72. The summed E-state index contributed by atoms with van der Waals surface area (Å²) in [5.41, 5.74) is 1.40. The topological polar surface area (TPSA) is 70.2 Å². The van der Waals surface area contributed by atoms with Crippen LogP contribution in [0.4, 0.5) is 5.69 Å². The van der Waals surface area contributed by atoms with Gasteiger partial charge in [-0.3, -0.25) is 14.8 Å². The summed E-state index contributed by atoms with van der Waals surface area (Å²) in [6, 6.07) is 6.22. The van der Waals surface area contributed by atoms with Crippen molar-refractivity contribution < 1.29 is 9.66 Å². The second-order valence-electron chi connectivity index (χ2n) is 3.99. The molecule has 0 radical (unpaired) electrons. The standard InChI is InChI=1S/C12H12ClN3O3/c1-8-9(12(13)15(2)14-8)7-19-11-6-4-3-5-10(11)16(17)18/h3-6H,7H2,1-2H3. The van der Waals surface area contributed by atoms with Crippen molar-refractivity contribution >= 4 is 17.3 Å². The number of nitro benzene ring substituents is 1. The number of para-hydroxylation sites is 2. The molecule has 0 spiro atoms. The number of rotatable bonds is 4. The maximum absolute atomic E-state index is 10.9. The zero-order valence-electron chi connectivity index (χ0n) is 10.5. The SMILES string of the molecule is Cc1nn(C)c(Cl)c1COc1ccccc1[N+](=O)[O-]. The normalized spacial score (nSPS) is 10.5. The molecule has 100 valence electrons. The van der Waals surface area contributed by atoms with E-state index in [0.717, 1.165) is 11.3 Å². The lowest BCUT2D eigenvalue weighted by Gasteiger charge is -2.06. The van der Waals surface area contributed by atoms with Gasteiger partial charge in [-0.25, -0.2) is 0 Å². The van der Waals surface area contributed by atoms with Crippen LogP contribution < -0.4 is 4.74 Å². The predicted octanol–water partition coefficient (Wildman–Crippen LogP) is 2.87. The molecule has 0 aliphatic heterocycles. The number of hydrogen-bond acceptors (Lipinski definition) is 4. The van der Waals surface area contributed by atoms with Crippen molar-refractivity contribution in [3.63, 3.8) is 0 Å². The fraction of sp³-hybridized carbons (Fsp3) is 0.250. The molecular weight excluding hydrogens is 270 g/mol. The Morgan fingerprint density at radius 3 is 2.74 bits per heavy atom. The average Bonchev–Trinajstić information content (AvgIpc) is 2.61. The zero-order valence-corrected chi connectivity index (χ0v) is 11.2. The first kappa shape index (κ1) is 13.4. The van der Waals surface area contributed by atoms with Crippen LogP contribution >= 0.6 is 11.6 Å². The van der Waals surface area contributed by atoms with E-state index < -0.39 is 4.92 Å². The predicted molar refractivity (Wildman–Crippen MR) is 70.4 cm³/mol. The van der Waals surface area contributed by atoms with Crippen molar-refractivity contribution in [3.05, 3.63) is 50.8 Å². The van der Waals surface area contributed by atoms with Crippen molar-refractivity contribution in [1.82, 2.24) is 9.78 Å². The Balaban J connectivity index is 2.22. The molecule has 0 fully saturated rings. The van der Waals surface area contributed by atoms with E-state index in [1.165, 1.54) is 10.7 Å². The Morgan fingerprint density at radius 1 is 1.47 bits per heavy atom. The molecule has 1 heterocycles. The highest BCUT2D eigenvalue weighted by atomic mass is 35.5. The minimum Gasteiger partial charge on any atom is -0.482 e. The van der Waals surface area contributed by atoms with Crippen LogP contribution in [0.5, 0.6) is 5.75 Å². The lowest BCUT2D eigenvalue weighted by Crippen LogP contribution is -2.00. The van der Waals surface area contributed by atoms with Crippen molar-refractivity contribution in [3.8, 4) is 5.75 Å². The minimum atomic E-state index is -0.479. The first-order valence-corrected chi connectivity index (χ1v) is 5.92. The van der Waals surface area contributed by atoms with Gasteiger partial charge >= 0.3 is 5.69 Å². The lowest BCUT2D eigenvalue weighted by atomic mass is 10.2. The first-order chi connectivity index (χ1) is 9.00. The second-order valence-corrected chi connectivity index (χ2v) is 4.35. The Hall–Kier alpha value is -2.08. The van der Waals surface area contributed by atoms with Gasteiger partial charge in [0.2, 0.25) is 0 Å². The molecule has 0 amide bonds. The maximum atomic E-state index is 10.9. The Kier molecular flexibility index (Phi) is 3.71. The van der Waals surface area contributed by atoms with Crippen LogP contribution in [0.25, 0.3) is 0 Å². The number of ether oxygens (including phenoxy) is 1. The van der Waals surface area contributed by atoms with Gasteiger partial charge in [0.25, 0.3) is 0 Å². The lowest BCUT2D eigenvalue weighted by molar-refractivity contribution is -0.385. The van der Waals surface area contributed by atoms with E-state index in [4.69, 9.17) is 16.3 Å². The van der Waals surface area contributed by atoms with Crippen LogP contribution in [0.1, 0.15) is 11.3 Å². The van der Waals surface area contributed by atoms with Gasteiger partial charge in [0.05, 0.1) is 10.6 Å². The summed E-state index contributed by atoms with van der Waals surface area (Å²) >= 11 is 6.07. The van der Waals surface area contributed by atoms with Crippen molar-refractivity contribution in [1.29, 1.82) is 0 Å². The van der Waals surface area contributed by atoms with Gasteiger partial charge < -0.3 is 4.74 Å². The van der Waals surface area contributed by atoms with Crippen LogP contribution in [0.2, 0.25) is 5.15 Å². The zero-order chi connectivity index (χ0) is 14.0. The second kappa shape index (κ2) is 5.27. The van der Waals surface area contributed by atoms with E-state index in [2.05, 4.69) is 5.10 Å². The highest BCUT2D eigenvalue weighted by Crippen LogP contribution is 2.28. The molecule has 0 unspecified atom stereocenters. The molecule has 0 aliphatic rings. The van der Waals surface area contributed by atoms with E-state index in [0.29, 0.717) is 5.15 Å². The third-order valence-electron chi connectivity index (χ3n) is 2.70. The first-order valence-electron chi connectivity index (χ1n) is 5.55. The number of benzene rings is 1. The van der Waals surface area contributed by atoms with Gasteiger partial charge in [-0.15, -0.1) is 0 Å². The smallest absolute Gasteiger partial charge is 0.310 e. The molecule has 0 aliphatic carbocycles. The quantitative estimate of drug-likeness (QED) is 0.638. The van der Waals surface area contributed by atoms with E-state index in [1.807, 2.05) is 6.92 Å². The van der Waals surface area contributed by atoms with Gasteiger partial charge in [0, 0.05) is 18.7 Å². The fourth-order valence-corrected chi connectivity index (χ4v) is 1.95. The largest absolute Gasteiger partial charge is 0.482 e. The number of halogens is 1. The summed E-state index contributed by atoms with van der Waals surface area (Å²) in [7, 11) is 1.73. The Bertz CT molecular complexity index is 625. The van der Waals surface area contributed by atoms with E-state index in [9.17, 15) is 10.1 Å². The van der Waals surface area contributed by atoms with E-state index in [-0.39, 0.29) is 18.0 Å². The Labute approximate surface area is 114 Å². The molecule has 0 N–H and O–H groups in total. The van der Waals surface area contributed by atoms with E-state index in [1.54, 1.807) is 25.2 Å². The van der Waals surface area contributed by atoms with Crippen molar-refractivity contribution in [2.45, 2.75) is 13.5 Å². The number of nitrogens with zero attached hydrogens (tertiary/aromatic N) is 3. The highest BCUT2D eigenvalue weighted by Gasteiger charge is 2.16. The van der Waals surface area contributed by atoms with Crippen LogP contribution in [-0.2, 0) is 13.7 Å². The number of aryl methyl sites for hydroxylation is 2. The Morgan fingerprint density at radius 2 is 2.16 bits per heavy atom. The number of hydrogen-bond donors (Lipinski definition) is 0.